The van der Waals surface area contributed by atoms with E-state index in [9.17, 15) is 9.59 Å². The Morgan fingerprint density at radius 1 is 1.48 bits per heavy atom. The molecule has 110 valence electrons. The summed E-state index contributed by atoms with van der Waals surface area (Å²) in [6.45, 7) is 3.28. The van der Waals surface area contributed by atoms with Gasteiger partial charge < -0.3 is 4.90 Å². The molecule has 1 unspecified atom stereocenters. The molecule has 0 bridgehead atoms. The van der Waals surface area contributed by atoms with Crippen molar-refractivity contribution in [2.75, 3.05) is 6.54 Å². The Kier molecular flexibility index (Phi) is 3.65. The minimum Gasteiger partial charge on any atom is -0.338 e. The normalized spacial score (nSPS) is 18.5. The highest BCUT2D eigenvalue weighted by Crippen LogP contribution is 2.33. The summed E-state index contributed by atoms with van der Waals surface area (Å²) in [4.78, 5) is 26.4. The van der Waals surface area contributed by atoms with Crippen LogP contribution < -0.4 is 11.3 Å². The highest BCUT2D eigenvalue weighted by Gasteiger charge is 2.28. The van der Waals surface area contributed by atoms with Gasteiger partial charge in [-0.1, -0.05) is 25.1 Å². The number of carbonyl (C=O) groups is 2. The van der Waals surface area contributed by atoms with E-state index in [1.165, 1.54) is 11.3 Å². The van der Waals surface area contributed by atoms with Gasteiger partial charge in [0.25, 0.3) is 5.91 Å². The van der Waals surface area contributed by atoms with Gasteiger partial charge in [0.05, 0.1) is 4.88 Å². The van der Waals surface area contributed by atoms with Crippen molar-refractivity contribution in [3.8, 4) is 0 Å². The van der Waals surface area contributed by atoms with Gasteiger partial charge in [0, 0.05) is 29.8 Å². The van der Waals surface area contributed by atoms with Crippen LogP contribution in [0, 0.1) is 5.92 Å². The van der Waals surface area contributed by atoms with Crippen LogP contribution in [-0.4, -0.2) is 23.3 Å². The zero-order valence-electron chi connectivity index (χ0n) is 11.8. The number of rotatable bonds is 3. The highest BCUT2D eigenvalue weighted by atomic mass is 32.1. The predicted octanol–water partition coefficient (Wildman–Crippen LogP) is 1.87. The van der Waals surface area contributed by atoms with E-state index in [-0.39, 0.29) is 11.8 Å². The van der Waals surface area contributed by atoms with Gasteiger partial charge in [0.15, 0.2) is 0 Å². The number of hydrogen-bond donors (Lipinski definition) is 2. The molecule has 0 saturated carbocycles. The van der Waals surface area contributed by atoms with E-state index >= 15 is 0 Å². The van der Waals surface area contributed by atoms with Gasteiger partial charge in [-0.25, -0.2) is 5.84 Å². The molecule has 1 saturated heterocycles. The molecule has 1 aromatic carbocycles. The number of benzene rings is 1. The molecule has 2 amide bonds. The molecule has 1 aliphatic rings. The van der Waals surface area contributed by atoms with Gasteiger partial charge in [-0.2, -0.15) is 0 Å². The summed E-state index contributed by atoms with van der Waals surface area (Å²) in [7, 11) is 0. The molecule has 5 nitrogen and oxygen atoms in total. The summed E-state index contributed by atoms with van der Waals surface area (Å²) < 4.78 is 1.03. The van der Waals surface area contributed by atoms with Crippen LogP contribution >= 0.6 is 11.3 Å². The van der Waals surface area contributed by atoms with Crippen molar-refractivity contribution in [1.29, 1.82) is 0 Å². The fourth-order valence-corrected chi connectivity index (χ4v) is 3.94. The molecule has 1 aromatic heterocycles. The average molecular weight is 303 g/mol. The number of nitrogens with two attached hydrogens (primary N) is 1. The predicted molar refractivity (Wildman–Crippen MR) is 82.7 cm³/mol. The second-order valence-electron chi connectivity index (χ2n) is 5.46. The van der Waals surface area contributed by atoms with E-state index in [1.807, 2.05) is 29.2 Å². The van der Waals surface area contributed by atoms with E-state index in [2.05, 4.69) is 12.3 Å². The molecule has 0 spiro atoms. The number of nitrogens with zero attached hydrogens (tertiary/aromatic N) is 1. The number of fused-ring (bicyclic) bond motifs is 1. The number of nitrogen functional groups attached to an aromatic ring is 1. The zero-order chi connectivity index (χ0) is 15.0. The summed E-state index contributed by atoms with van der Waals surface area (Å²) in [6, 6.07) is 7.84. The summed E-state index contributed by atoms with van der Waals surface area (Å²) in [6.07, 6.45) is 0.584. The second kappa shape index (κ2) is 5.46. The smallest absolute Gasteiger partial charge is 0.275 e. The maximum Gasteiger partial charge on any atom is 0.275 e. The first-order valence-corrected chi connectivity index (χ1v) is 7.71. The lowest BCUT2D eigenvalue weighted by molar-refractivity contribution is -0.128. The Labute approximate surface area is 126 Å². The number of likely N-dealkylation sites (tertiary alicyclic amines) is 1. The minimum atomic E-state index is -0.300. The molecule has 1 aliphatic heterocycles. The highest BCUT2D eigenvalue weighted by molar-refractivity contribution is 7.21. The number of thiophene rings is 1. The Bertz CT molecular complexity index is 710. The largest absolute Gasteiger partial charge is 0.338 e. The number of hydrogen-bond acceptors (Lipinski definition) is 4. The molecule has 2 heterocycles. The molecular formula is C15H17N3O2S. The first kappa shape index (κ1) is 14.0. The maximum atomic E-state index is 12.0. The third-order valence-electron chi connectivity index (χ3n) is 3.79. The molecule has 21 heavy (non-hydrogen) atoms. The SMILES string of the molecule is CC1CC(=O)N(Cc2c(C(=O)NN)sc3ccccc23)C1. The van der Waals surface area contributed by atoms with Gasteiger partial charge in [-0.3, -0.25) is 15.0 Å². The Morgan fingerprint density at radius 3 is 2.90 bits per heavy atom. The first-order chi connectivity index (χ1) is 10.1. The van der Waals surface area contributed by atoms with Crippen LogP contribution in [0.5, 0.6) is 0 Å². The Morgan fingerprint density at radius 2 is 2.24 bits per heavy atom. The first-order valence-electron chi connectivity index (χ1n) is 6.89. The molecule has 2 aromatic rings. The lowest BCUT2D eigenvalue weighted by Gasteiger charge is -2.16. The van der Waals surface area contributed by atoms with Crippen LogP contribution in [0.15, 0.2) is 24.3 Å². The van der Waals surface area contributed by atoms with E-state index in [4.69, 9.17) is 5.84 Å². The third kappa shape index (κ3) is 2.52. The van der Waals surface area contributed by atoms with Crippen LogP contribution in [0.2, 0.25) is 0 Å². The van der Waals surface area contributed by atoms with Crippen molar-refractivity contribution >= 4 is 33.2 Å². The Hall–Kier alpha value is -1.92. The van der Waals surface area contributed by atoms with Gasteiger partial charge in [0.2, 0.25) is 5.91 Å². The molecule has 1 fully saturated rings. The molecule has 3 N–H and O–H groups in total. The minimum absolute atomic E-state index is 0.150. The van der Waals surface area contributed by atoms with Gasteiger partial charge >= 0.3 is 0 Å². The fraction of sp³-hybridized carbons (Fsp3) is 0.333. The van der Waals surface area contributed by atoms with Gasteiger partial charge in [0.1, 0.15) is 0 Å². The van der Waals surface area contributed by atoms with Crippen molar-refractivity contribution < 1.29 is 9.59 Å². The third-order valence-corrected chi connectivity index (χ3v) is 5.00. The van der Waals surface area contributed by atoms with Crippen LogP contribution in [-0.2, 0) is 11.3 Å². The van der Waals surface area contributed by atoms with E-state index in [0.717, 1.165) is 22.2 Å². The second-order valence-corrected chi connectivity index (χ2v) is 6.52. The van der Waals surface area contributed by atoms with Gasteiger partial charge in [-0.05, 0) is 17.4 Å². The number of nitrogens with one attached hydrogen (secondary N) is 1. The van der Waals surface area contributed by atoms with E-state index in [1.54, 1.807) is 0 Å². The zero-order valence-corrected chi connectivity index (χ0v) is 12.6. The van der Waals surface area contributed by atoms with Crippen molar-refractivity contribution in [2.45, 2.75) is 19.9 Å². The molecule has 0 aliphatic carbocycles. The lowest BCUT2D eigenvalue weighted by Crippen LogP contribution is -2.31. The lowest BCUT2D eigenvalue weighted by atomic mass is 10.1. The van der Waals surface area contributed by atoms with Gasteiger partial charge in [-0.15, -0.1) is 11.3 Å². The monoisotopic (exact) mass is 303 g/mol. The Balaban J connectivity index is 2.03. The summed E-state index contributed by atoms with van der Waals surface area (Å²) in [5.41, 5.74) is 3.09. The average Bonchev–Trinajstić information content (AvgIpc) is 2.99. The van der Waals surface area contributed by atoms with Crippen LogP contribution in [0.1, 0.15) is 28.6 Å². The molecular weight excluding hydrogens is 286 g/mol. The molecule has 6 heteroatoms. The van der Waals surface area contributed by atoms with Crippen molar-refractivity contribution in [1.82, 2.24) is 10.3 Å². The fourth-order valence-electron chi connectivity index (χ4n) is 2.82. The molecule has 0 radical (unpaired) electrons. The summed E-state index contributed by atoms with van der Waals surface area (Å²) >= 11 is 1.41. The van der Waals surface area contributed by atoms with E-state index < -0.39 is 0 Å². The van der Waals surface area contributed by atoms with E-state index in [0.29, 0.717) is 23.8 Å². The number of hydrazine groups is 1. The van der Waals surface area contributed by atoms with Crippen molar-refractivity contribution in [2.24, 2.45) is 11.8 Å². The topological polar surface area (TPSA) is 75.4 Å². The molecule has 3 rings (SSSR count). The van der Waals surface area contributed by atoms with Crippen molar-refractivity contribution in [3.05, 3.63) is 34.7 Å². The van der Waals surface area contributed by atoms with Crippen LogP contribution in [0.25, 0.3) is 10.1 Å². The van der Waals surface area contributed by atoms with Crippen LogP contribution in [0.4, 0.5) is 0 Å². The summed E-state index contributed by atoms with van der Waals surface area (Å²) in [5, 5.41) is 1.02. The maximum absolute atomic E-state index is 12.0. The standard InChI is InChI=1S/C15H17N3O2S/c1-9-6-13(19)18(7-9)8-11-10-4-2-3-5-12(10)21-14(11)15(20)17-16/h2-5,9H,6-8,16H2,1H3,(H,17,20). The number of carbonyl (C=O) groups excluding carboxylic acids is 2. The summed E-state index contributed by atoms with van der Waals surface area (Å²) in [5.74, 6) is 5.50. The van der Waals surface area contributed by atoms with Crippen molar-refractivity contribution in [3.63, 3.8) is 0 Å². The van der Waals surface area contributed by atoms with Crippen LogP contribution in [0.3, 0.4) is 0 Å². The number of amides is 2. The molecule has 1 atom stereocenters. The quantitative estimate of drug-likeness (QED) is 0.516.